The fourth-order valence-electron chi connectivity index (χ4n) is 0. The van der Waals surface area contributed by atoms with E-state index < -0.39 is 0 Å². The van der Waals surface area contributed by atoms with E-state index in [4.69, 9.17) is 4.55 Å². The van der Waals surface area contributed by atoms with Crippen LogP contribution in [0.1, 0.15) is 1.43 Å². The molecule has 0 radical (unpaired) electrons. The molecule has 0 spiro atoms. The van der Waals surface area contributed by atoms with Crippen molar-refractivity contribution < 1.29 is 24.8 Å². The Balaban J connectivity index is -0.0000000200. The summed E-state index contributed by atoms with van der Waals surface area (Å²) in [4.78, 5) is 0. The molecule has 0 heterocycles. The van der Waals surface area contributed by atoms with Gasteiger partial charge >= 0.3 is 18.9 Å². The summed E-state index contributed by atoms with van der Waals surface area (Å²) in [7, 11) is 0. The fourth-order valence-corrected chi connectivity index (χ4v) is 0. The molecule has 0 aromatic heterocycles. The molecule has 0 aliphatic rings. The van der Waals surface area contributed by atoms with Gasteiger partial charge in [0.2, 0.25) is 0 Å². The summed E-state index contributed by atoms with van der Waals surface area (Å²) in [6, 6.07) is 0. The van der Waals surface area contributed by atoms with Crippen molar-refractivity contribution in [1.29, 1.82) is 0 Å². The van der Waals surface area contributed by atoms with Crippen molar-refractivity contribution in [2.45, 2.75) is 0 Å². The molecule has 22 valence electrons. The molecule has 0 aliphatic carbocycles. The van der Waals surface area contributed by atoms with Gasteiger partial charge in [-0.15, -0.1) is 0 Å². The Morgan fingerprint density at radius 3 is 2.00 bits per heavy atom. The summed E-state index contributed by atoms with van der Waals surface area (Å²) < 4.78 is 7.49. The maximum atomic E-state index is 7.49. The van der Waals surface area contributed by atoms with Gasteiger partial charge in [0.1, 0.15) is 0 Å². The van der Waals surface area contributed by atoms with Gasteiger partial charge in [0.05, 0.1) is 0 Å². The van der Waals surface area contributed by atoms with Crippen LogP contribution in [0.5, 0.6) is 0 Å². The van der Waals surface area contributed by atoms with Gasteiger partial charge < -0.3 is 5.98 Å². The molecule has 0 saturated heterocycles. The number of rotatable bonds is 0. The van der Waals surface area contributed by atoms with Crippen molar-refractivity contribution in [3.8, 4) is 0 Å². The van der Waals surface area contributed by atoms with E-state index in [1.807, 2.05) is 0 Å². The molecule has 0 saturated carbocycles. The van der Waals surface area contributed by atoms with Crippen LogP contribution in [0.3, 0.4) is 0 Å². The van der Waals surface area contributed by atoms with Crippen molar-refractivity contribution >= 4 is 12.0 Å². The van der Waals surface area contributed by atoms with Gasteiger partial charge in [-0.3, -0.25) is 0 Å². The Hall–Kier alpha value is 0.907. The van der Waals surface area contributed by atoms with Crippen molar-refractivity contribution in [3.05, 3.63) is 0 Å². The first-order chi connectivity index (χ1) is 1.41. The third-order valence-corrected chi connectivity index (χ3v) is 0. The van der Waals surface area contributed by atoms with E-state index in [2.05, 4.69) is 0 Å². The first kappa shape index (κ1) is 8.86. The third kappa shape index (κ3) is 12.8. The second-order valence-corrected chi connectivity index (χ2v) is 0.548. The zero-order chi connectivity index (χ0) is 2.71. The molecular weight excluding hydrogens is 67.0 g/mol. The zero-order valence-corrected chi connectivity index (χ0v) is 3.67. The van der Waals surface area contributed by atoms with Crippen LogP contribution in [0.2, 0.25) is 0 Å². The topological polar surface area (TPSA) is 20.2 Å². The SMILES string of the molecule is CSO.[H-].[Li+]. The fraction of sp³-hybridized carbons (Fsp3) is 1.00. The zero-order valence-electron chi connectivity index (χ0n) is 3.86. The first-order valence-electron chi connectivity index (χ1n) is 0.591. The van der Waals surface area contributed by atoms with Crippen molar-refractivity contribution in [2.24, 2.45) is 0 Å². The molecule has 0 aromatic rings. The monoisotopic (exact) mass is 72.0 g/mol. The van der Waals surface area contributed by atoms with Gasteiger partial charge in [-0.1, -0.05) is 0 Å². The summed E-state index contributed by atoms with van der Waals surface area (Å²) in [6.45, 7) is 0. The average Bonchev–Trinajstić information content (AvgIpc) is 0.918. The summed E-state index contributed by atoms with van der Waals surface area (Å²) >= 11 is 0.750. The van der Waals surface area contributed by atoms with E-state index >= 15 is 0 Å². The average molecular weight is 72.1 g/mol. The van der Waals surface area contributed by atoms with Gasteiger partial charge in [-0.25, -0.2) is 0 Å². The minimum Gasteiger partial charge on any atom is -1.00 e. The molecule has 1 nitrogen and oxygen atoms in total. The molecule has 0 amide bonds. The van der Waals surface area contributed by atoms with Crippen LogP contribution in [0.15, 0.2) is 0 Å². The Labute approximate surface area is 43.6 Å². The molecular formula is CH5LiOS. The Morgan fingerprint density at radius 1 is 2.00 bits per heavy atom. The van der Waals surface area contributed by atoms with Crippen molar-refractivity contribution in [3.63, 3.8) is 0 Å². The quantitative estimate of drug-likeness (QED) is 0.262. The number of hydrogen-bond acceptors (Lipinski definition) is 2. The van der Waals surface area contributed by atoms with Gasteiger partial charge in [-0.2, -0.15) is 0 Å². The standard InChI is InChI=1S/CH4OS.Li.H/c1-3-2;;/h2H,1H3;;/q;+1;-1. The van der Waals surface area contributed by atoms with Crippen LogP contribution in [0.25, 0.3) is 0 Å². The normalized spacial score (nSPS) is 4.50. The summed E-state index contributed by atoms with van der Waals surface area (Å²) in [5, 5.41) is 0. The Bertz CT molecular complexity index is 11.6. The third-order valence-electron chi connectivity index (χ3n) is 0. The van der Waals surface area contributed by atoms with E-state index in [0.29, 0.717) is 0 Å². The second-order valence-electron chi connectivity index (χ2n) is 0.183. The van der Waals surface area contributed by atoms with Crippen molar-refractivity contribution in [2.75, 3.05) is 6.26 Å². The molecule has 0 aromatic carbocycles. The first-order valence-corrected chi connectivity index (χ1v) is 1.77. The van der Waals surface area contributed by atoms with Crippen LogP contribution < -0.4 is 18.9 Å². The minimum absolute atomic E-state index is 0. The van der Waals surface area contributed by atoms with E-state index in [-0.39, 0.29) is 20.3 Å². The van der Waals surface area contributed by atoms with Crippen LogP contribution in [-0.4, -0.2) is 10.8 Å². The molecule has 4 heavy (non-hydrogen) atoms. The summed E-state index contributed by atoms with van der Waals surface area (Å²) in [5.74, 6) is 0. The predicted octanol–water partition coefficient (Wildman–Crippen LogP) is -2.06. The minimum atomic E-state index is 0. The molecule has 0 aliphatic heterocycles. The Kier molecular flexibility index (Phi) is 20.1. The maximum absolute atomic E-state index is 7.49. The van der Waals surface area contributed by atoms with E-state index in [1.54, 1.807) is 6.26 Å². The number of hydrogen-bond donors (Lipinski definition) is 1. The smallest absolute Gasteiger partial charge is 1.00 e. The van der Waals surface area contributed by atoms with Crippen LogP contribution in [-0.2, 0) is 0 Å². The largest absolute Gasteiger partial charge is 1.00 e. The van der Waals surface area contributed by atoms with Gasteiger partial charge in [0.25, 0.3) is 0 Å². The summed E-state index contributed by atoms with van der Waals surface area (Å²) in [5.41, 5.74) is 0. The molecule has 0 fully saturated rings. The molecule has 3 heteroatoms. The predicted molar refractivity (Wildman–Crippen MR) is 17.3 cm³/mol. The molecule has 0 atom stereocenters. The Morgan fingerprint density at radius 2 is 2.00 bits per heavy atom. The van der Waals surface area contributed by atoms with Gasteiger partial charge in [0, 0.05) is 6.26 Å². The van der Waals surface area contributed by atoms with Crippen molar-refractivity contribution in [1.82, 2.24) is 0 Å². The molecule has 0 rings (SSSR count). The molecule has 0 unspecified atom stereocenters. The van der Waals surface area contributed by atoms with Gasteiger partial charge in [-0.05, 0) is 12.0 Å². The maximum Gasteiger partial charge on any atom is 1.00 e. The van der Waals surface area contributed by atoms with E-state index in [9.17, 15) is 0 Å². The van der Waals surface area contributed by atoms with E-state index in [0.717, 1.165) is 12.0 Å². The van der Waals surface area contributed by atoms with Crippen LogP contribution >= 0.6 is 12.0 Å². The van der Waals surface area contributed by atoms with Crippen LogP contribution in [0, 0.1) is 0 Å². The van der Waals surface area contributed by atoms with E-state index in [1.165, 1.54) is 0 Å². The second kappa shape index (κ2) is 9.08. The summed E-state index contributed by atoms with van der Waals surface area (Å²) in [6.07, 6.45) is 1.60. The van der Waals surface area contributed by atoms with Gasteiger partial charge in [0.15, 0.2) is 0 Å². The molecule has 0 bridgehead atoms. The molecule has 1 N–H and O–H groups in total. The van der Waals surface area contributed by atoms with Crippen LogP contribution in [0.4, 0.5) is 0 Å².